The molecule has 0 saturated carbocycles. The molecule has 0 aromatic heterocycles. The number of hydrogen-bond acceptors (Lipinski definition) is 1. The van der Waals surface area contributed by atoms with Gasteiger partial charge in [-0.15, -0.1) is 0 Å². The van der Waals surface area contributed by atoms with E-state index in [1.165, 1.54) is 12.1 Å². The summed E-state index contributed by atoms with van der Waals surface area (Å²) >= 11 is -0.109. The van der Waals surface area contributed by atoms with Gasteiger partial charge < -0.3 is 0 Å². The van der Waals surface area contributed by atoms with Crippen molar-refractivity contribution < 1.29 is 13.2 Å². The Hall–Kier alpha value is -0.900. The van der Waals surface area contributed by atoms with Crippen LogP contribution in [0.4, 0.5) is 13.2 Å². The van der Waals surface area contributed by atoms with E-state index in [4.69, 9.17) is 0 Å². The lowest BCUT2D eigenvalue weighted by Crippen LogP contribution is -1.98. The number of allylic oxidation sites excluding steroid dienone is 1. The summed E-state index contributed by atoms with van der Waals surface area (Å²) in [6.07, 6.45) is 0. The second-order valence-electron chi connectivity index (χ2n) is 2.85. The summed E-state index contributed by atoms with van der Waals surface area (Å²) in [6.45, 7) is 5.51. The molecule has 0 aliphatic rings. The van der Waals surface area contributed by atoms with E-state index >= 15 is 0 Å². The zero-order valence-corrected chi connectivity index (χ0v) is 8.38. The van der Waals surface area contributed by atoms with Crippen molar-refractivity contribution in [2.45, 2.75) is 17.3 Å². The number of alkyl halides is 3. The molecule has 0 fully saturated rings. The number of halogens is 3. The standard InChI is InChI=1S/C10H9F3S/c1-7(2)8-3-5-9(6-4-8)14-10(11,12)13/h3-6H,1H2,2H3. The van der Waals surface area contributed by atoms with Crippen LogP contribution in [0.1, 0.15) is 12.5 Å². The lowest BCUT2D eigenvalue weighted by molar-refractivity contribution is -0.0328. The van der Waals surface area contributed by atoms with Gasteiger partial charge in [0.1, 0.15) is 0 Å². The van der Waals surface area contributed by atoms with E-state index in [0.717, 1.165) is 11.1 Å². The van der Waals surface area contributed by atoms with Gasteiger partial charge in [-0.05, 0) is 36.4 Å². The van der Waals surface area contributed by atoms with Crippen molar-refractivity contribution in [1.82, 2.24) is 0 Å². The predicted octanol–water partition coefficient (Wildman–Crippen LogP) is 4.33. The molecular formula is C10H9F3S. The van der Waals surface area contributed by atoms with Crippen LogP contribution >= 0.6 is 11.8 Å². The van der Waals surface area contributed by atoms with Crippen LogP contribution < -0.4 is 0 Å². The molecule has 4 heteroatoms. The minimum atomic E-state index is -4.22. The number of rotatable bonds is 2. The Kier molecular flexibility index (Phi) is 3.26. The summed E-state index contributed by atoms with van der Waals surface area (Å²) in [7, 11) is 0. The van der Waals surface area contributed by atoms with Crippen LogP contribution in [0.5, 0.6) is 0 Å². The molecular weight excluding hydrogens is 209 g/mol. The molecule has 0 nitrogen and oxygen atoms in total. The number of thioether (sulfide) groups is 1. The first-order valence-corrected chi connectivity index (χ1v) is 4.72. The first kappa shape index (κ1) is 11.2. The van der Waals surface area contributed by atoms with Crippen molar-refractivity contribution >= 4 is 17.3 Å². The summed E-state index contributed by atoms with van der Waals surface area (Å²) in [5.74, 6) is 0. The smallest absolute Gasteiger partial charge is 0.160 e. The van der Waals surface area contributed by atoms with Crippen molar-refractivity contribution in [3.63, 3.8) is 0 Å². The van der Waals surface area contributed by atoms with Gasteiger partial charge in [-0.25, -0.2) is 0 Å². The Labute approximate surface area is 84.8 Å². The van der Waals surface area contributed by atoms with Crippen LogP contribution in [0.2, 0.25) is 0 Å². The van der Waals surface area contributed by atoms with E-state index in [0.29, 0.717) is 0 Å². The van der Waals surface area contributed by atoms with Gasteiger partial charge in [-0.3, -0.25) is 0 Å². The summed E-state index contributed by atoms with van der Waals surface area (Å²) in [6, 6.07) is 6.16. The Balaban J connectivity index is 2.79. The maximum Gasteiger partial charge on any atom is 0.446 e. The highest BCUT2D eigenvalue weighted by Crippen LogP contribution is 2.36. The molecule has 0 aliphatic heterocycles. The van der Waals surface area contributed by atoms with Crippen molar-refractivity contribution in [3.05, 3.63) is 36.4 Å². The summed E-state index contributed by atoms with van der Waals surface area (Å²) < 4.78 is 35.8. The van der Waals surface area contributed by atoms with E-state index in [9.17, 15) is 13.2 Å². The van der Waals surface area contributed by atoms with Gasteiger partial charge in [0.25, 0.3) is 0 Å². The topological polar surface area (TPSA) is 0 Å². The fourth-order valence-electron chi connectivity index (χ4n) is 0.941. The van der Waals surface area contributed by atoms with E-state index in [1.54, 1.807) is 12.1 Å². The monoisotopic (exact) mass is 218 g/mol. The Morgan fingerprint density at radius 2 is 1.71 bits per heavy atom. The van der Waals surface area contributed by atoms with Crippen LogP contribution in [0, 0.1) is 0 Å². The molecule has 0 bridgehead atoms. The van der Waals surface area contributed by atoms with Crippen molar-refractivity contribution in [2.24, 2.45) is 0 Å². The van der Waals surface area contributed by atoms with E-state index in [2.05, 4.69) is 6.58 Å². The number of hydrogen-bond donors (Lipinski definition) is 0. The largest absolute Gasteiger partial charge is 0.446 e. The van der Waals surface area contributed by atoms with Gasteiger partial charge in [0.2, 0.25) is 0 Å². The average Bonchev–Trinajstić information content (AvgIpc) is 2.02. The van der Waals surface area contributed by atoms with E-state index in [1.807, 2.05) is 6.92 Å². The summed E-state index contributed by atoms with van der Waals surface area (Å²) in [5.41, 5.74) is -2.52. The fourth-order valence-corrected chi connectivity index (χ4v) is 1.48. The van der Waals surface area contributed by atoms with E-state index in [-0.39, 0.29) is 16.7 Å². The van der Waals surface area contributed by atoms with Gasteiger partial charge >= 0.3 is 5.51 Å². The second-order valence-corrected chi connectivity index (χ2v) is 3.99. The molecule has 76 valence electrons. The quantitative estimate of drug-likeness (QED) is 0.666. The molecule has 0 saturated heterocycles. The predicted molar refractivity (Wildman–Crippen MR) is 53.1 cm³/mol. The highest BCUT2D eigenvalue weighted by molar-refractivity contribution is 8.00. The summed E-state index contributed by atoms with van der Waals surface area (Å²) in [5, 5.41) is 0. The van der Waals surface area contributed by atoms with Crippen molar-refractivity contribution in [2.75, 3.05) is 0 Å². The molecule has 0 spiro atoms. The third kappa shape index (κ3) is 3.46. The van der Waals surface area contributed by atoms with Crippen molar-refractivity contribution in [3.8, 4) is 0 Å². The van der Waals surface area contributed by atoms with Gasteiger partial charge in [0.05, 0.1) is 0 Å². The van der Waals surface area contributed by atoms with Gasteiger partial charge in [-0.2, -0.15) is 13.2 Å². The molecule has 1 aromatic carbocycles. The summed E-state index contributed by atoms with van der Waals surface area (Å²) in [4.78, 5) is 0.197. The minimum Gasteiger partial charge on any atom is -0.160 e. The first-order chi connectivity index (χ1) is 6.38. The zero-order valence-electron chi connectivity index (χ0n) is 7.56. The Morgan fingerprint density at radius 1 is 1.21 bits per heavy atom. The minimum absolute atomic E-state index is 0.109. The molecule has 0 amide bonds. The third-order valence-electron chi connectivity index (χ3n) is 1.58. The SMILES string of the molecule is C=C(C)c1ccc(SC(F)(F)F)cc1. The normalized spacial score (nSPS) is 11.4. The van der Waals surface area contributed by atoms with Crippen LogP contribution in [-0.4, -0.2) is 5.51 Å². The molecule has 0 N–H and O–H groups in total. The molecule has 0 atom stereocenters. The molecule has 14 heavy (non-hydrogen) atoms. The maximum atomic E-state index is 11.9. The van der Waals surface area contributed by atoms with Gasteiger partial charge in [0.15, 0.2) is 0 Å². The molecule has 0 heterocycles. The van der Waals surface area contributed by atoms with Crippen LogP contribution in [-0.2, 0) is 0 Å². The van der Waals surface area contributed by atoms with Crippen LogP contribution in [0.15, 0.2) is 35.7 Å². The lowest BCUT2D eigenvalue weighted by Gasteiger charge is -2.06. The highest BCUT2D eigenvalue weighted by atomic mass is 32.2. The molecule has 1 rings (SSSR count). The first-order valence-electron chi connectivity index (χ1n) is 3.90. The average molecular weight is 218 g/mol. The zero-order chi connectivity index (χ0) is 10.8. The van der Waals surface area contributed by atoms with Crippen LogP contribution in [0.25, 0.3) is 5.57 Å². The third-order valence-corrected chi connectivity index (χ3v) is 2.32. The van der Waals surface area contributed by atoms with Gasteiger partial charge in [0, 0.05) is 4.90 Å². The maximum absolute atomic E-state index is 11.9. The Morgan fingerprint density at radius 3 is 2.07 bits per heavy atom. The highest BCUT2D eigenvalue weighted by Gasteiger charge is 2.28. The van der Waals surface area contributed by atoms with Gasteiger partial charge in [-0.1, -0.05) is 24.3 Å². The molecule has 0 radical (unpaired) electrons. The number of benzene rings is 1. The van der Waals surface area contributed by atoms with Crippen molar-refractivity contribution in [1.29, 1.82) is 0 Å². The van der Waals surface area contributed by atoms with E-state index < -0.39 is 5.51 Å². The van der Waals surface area contributed by atoms with Crippen LogP contribution in [0.3, 0.4) is 0 Å². The Bertz CT molecular complexity index is 324. The lowest BCUT2D eigenvalue weighted by atomic mass is 10.1. The molecule has 0 aliphatic carbocycles. The molecule has 1 aromatic rings. The second kappa shape index (κ2) is 4.09. The molecule has 0 unspecified atom stereocenters. The fraction of sp³-hybridized carbons (Fsp3) is 0.200.